The van der Waals surface area contributed by atoms with Crippen molar-refractivity contribution in [2.75, 3.05) is 31.1 Å². The summed E-state index contributed by atoms with van der Waals surface area (Å²) < 4.78 is 5.46. The first kappa shape index (κ1) is 20.7. The van der Waals surface area contributed by atoms with E-state index in [1.54, 1.807) is 6.26 Å². The first-order chi connectivity index (χ1) is 14.9. The van der Waals surface area contributed by atoms with Crippen molar-refractivity contribution < 1.29 is 4.42 Å². The Balaban J connectivity index is 1.29. The van der Waals surface area contributed by atoms with Crippen LogP contribution in [0.2, 0.25) is 0 Å². The van der Waals surface area contributed by atoms with Crippen LogP contribution in [0.5, 0.6) is 0 Å². The minimum absolute atomic E-state index is 0.422. The average molecular weight is 411 g/mol. The second-order valence-electron chi connectivity index (χ2n) is 8.40. The fourth-order valence-electron chi connectivity index (χ4n) is 4.37. The van der Waals surface area contributed by atoms with Gasteiger partial charge in [-0.1, -0.05) is 19.3 Å². The van der Waals surface area contributed by atoms with Crippen LogP contribution in [0, 0.1) is 5.92 Å². The molecule has 2 aromatic rings. The summed E-state index contributed by atoms with van der Waals surface area (Å²) in [5, 5.41) is 7.22. The molecule has 0 unspecified atom stereocenters. The van der Waals surface area contributed by atoms with Crippen LogP contribution in [-0.4, -0.2) is 48.1 Å². The SMILES string of the molecule is c1cnc(N2CCC(NC(=NCC3CCCCC3)NCCc3ccco3)CC2)nc1. The Morgan fingerprint density at radius 3 is 2.60 bits per heavy atom. The zero-order valence-corrected chi connectivity index (χ0v) is 17.8. The lowest BCUT2D eigenvalue weighted by Crippen LogP contribution is -2.49. The van der Waals surface area contributed by atoms with Gasteiger partial charge in [0.2, 0.25) is 5.95 Å². The Kier molecular flexibility index (Phi) is 7.58. The molecule has 2 N–H and O–H groups in total. The molecule has 7 heteroatoms. The highest BCUT2D eigenvalue weighted by Gasteiger charge is 2.22. The standard InChI is InChI=1S/C23H34N6O/c1-2-6-19(7-3-1)18-27-22(24-14-9-21-8-4-17-30-21)28-20-10-15-29(16-11-20)23-25-12-5-13-26-23/h4-5,8,12-13,17,19-20H,1-3,6-7,9-11,14-16,18H2,(H2,24,27,28). The van der Waals surface area contributed by atoms with E-state index >= 15 is 0 Å². The van der Waals surface area contributed by atoms with Gasteiger partial charge in [-0.15, -0.1) is 0 Å². The van der Waals surface area contributed by atoms with Crippen molar-refractivity contribution in [2.45, 2.75) is 57.4 Å². The van der Waals surface area contributed by atoms with Crippen LogP contribution in [0.1, 0.15) is 50.7 Å². The van der Waals surface area contributed by atoms with Crippen molar-refractivity contribution >= 4 is 11.9 Å². The number of guanidine groups is 1. The van der Waals surface area contributed by atoms with Gasteiger partial charge in [0.05, 0.1) is 6.26 Å². The third-order valence-electron chi connectivity index (χ3n) is 6.15. The van der Waals surface area contributed by atoms with Crippen molar-refractivity contribution in [1.29, 1.82) is 0 Å². The van der Waals surface area contributed by atoms with E-state index in [0.29, 0.717) is 6.04 Å². The number of aromatic nitrogens is 2. The van der Waals surface area contributed by atoms with Crippen LogP contribution in [-0.2, 0) is 6.42 Å². The van der Waals surface area contributed by atoms with Crippen LogP contribution in [0.25, 0.3) is 0 Å². The molecule has 2 aromatic heterocycles. The number of nitrogens with zero attached hydrogens (tertiary/aromatic N) is 4. The second-order valence-corrected chi connectivity index (χ2v) is 8.40. The average Bonchev–Trinajstić information content (AvgIpc) is 3.33. The van der Waals surface area contributed by atoms with Crippen molar-refractivity contribution in [3.05, 3.63) is 42.6 Å². The number of anilines is 1. The molecule has 3 heterocycles. The monoisotopic (exact) mass is 410 g/mol. The first-order valence-corrected chi connectivity index (χ1v) is 11.5. The number of furan rings is 1. The summed E-state index contributed by atoms with van der Waals surface area (Å²) in [6, 6.07) is 6.25. The molecular formula is C23H34N6O. The van der Waals surface area contributed by atoms with Crippen LogP contribution >= 0.6 is 0 Å². The van der Waals surface area contributed by atoms with Gasteiger partial charge in [-0.2, -0.15) is 0 Å². The van der Waals surface area contributed by atoms with E-state index < -0.39 is 0 Å². The number of rotatable bonds is 7. The molecule has 2 fully saturated rings. The van der Waals surface area contributed by atoms with Crippen LogP contribution < -0.4 is 15.5 Å². The molecule has 1 saturated heterocycles. The van der Waals surface area contributed by atoms with Gasteiger partial charge in [0.1, 0.15) is 5.76 Å². The van der Waals surface area contributed by atoms with Gasteiger partial charge in [0, 0.05) is 51.0 Å². The largest absolute Gasteiger partial charge is 0.469 e. The van der Waals surface area contributed by atoms with Gasteiger partial charge in [-0.05, 0) is 49.8 Å². The fraction of sp³-hybridized carbons (Fsp3) is 0.609. The molecule has 0 radical (unpaired) electrons. The smallest absolute Gasteiger partial charge is 0.225 e. The highest BCUT2D eigenvalue weighted by Crippen LogP contribution is 2.23. The minimum Gasteiger partial charge on any atom is -0.469 e. The predicted molar refractivity (Wildman–Crippen MR) is 120 cm³/mol. The molecule has 0 atom stereocenters. The van der Waals surface area contributed by atoms with Crippen LogP contribution in [0.15, 0.2) is 46.3 Å². The lowest BCUT2D eigenvalue weighted by Gasteiger charge is -2.33. The van der Waals surface area contributed by atoms with Gasteiger partial charge in [0.15, 0.2) is 5.96 Å². The maximum Gasteiger partial charge on any atom is 0.225 e. The molecule has 0 bridgehead atoms. The van der Waals surface area contributed by atoms with Gasteiger partial charge in [0.25, 0.3) is 0 Å². The van der Waals surface area contributed by atoms with Crippen molar-refractivity contribution in [2.24, 2.45) is 10.9 Å². The molecular weight excluding hydrogens is 376 g/mol. The number of hydrogen-bond acceptors (Lipinski definition) is 5. The van der Waals surface area contributed by atoms with Gasteiger partial charge >= 0.3 is 0 Å². The van der Waals surface area contributed by atoms with E-state index in [1.807, 2.05) is 30.6 Å². The maximum atomic E-state index is 5.46. The summed E-state index contributed by atoms with van der Waals surface area (Å²) in [5.74, 6) is 3.52. The lowest BCUT2D eigenvalue weighted by molar-refractivity contribution is 0.365. The summed E-state index contributed by atoms with van der Waals surface area (Å²) in [5.41, 5.74) is 0. The lowest BCUT2D eigenvalue weighted by atomic mass is 9.89. The Morgan fingerprint density at radius 2 is 1.87 bits per heavy atom. The molecule has 2 aliphatic rings. The summed E-state index contributed by atoms with van der Waals surface area (Å²) in [4.78, 5) is 16.0. The third-order valence-corrected chi connectivity index (χ3v) is 6.15. The quantitative estimate of drug-likeness (QED) is 0.538. The molecule has 30 heavy (non-hydrogen) atoms. The van der Waals surface area contributed by atoms with E-state index in [1.165, 1.54) is 32.1 Å². The second kappa shape index (κ2) is 11.0. The molecule has 0 aromatic carbocycles. The molecule has 4 rings (SSSR count). The highest BCUT2D eigenvalue weighted by molar-refractivity contribution is 5.80. The summed E-state index contributed by atoms with van der Waals surface area (Å²) in [6.07, 6.45) is 15.1. The van der Waals surface area contributed by atoms with Gasteiger partial charge in [-0.3, -0.25) is 4.99 Å². The summed E-state index contributed by atoms with van der Waals surface area (Å²) in [7, 11) is 0. The molecule has 1 aliphatic carbocycles. The Bertz CT molecular complexity index is 749. The Labute approximate surface area is 179 Å². The Morgan fingerprint density at radius 1 is 1.07 bits per heavy atom. The topological polar surface area (TPSA) is 78.6 Å². The van der Waals surface area contributed by atoms with Crippen molar-refractivity contribution in [3.8, 4) is 0 Å². The van der Waals surface area contributed by atoms with Crippen molar-refractivity contribution in [1.82, 2.24) is 20.6 Å². The number of nitrogens with one attached hydrogen (secondary N) is 2. The maximum absolute atomic E-state index is 5.46. The normalized spacial score (nSPS) is 19.1. The zero-order chi connectivity index (χ0) is 20.4. The fourth-order valence-corrected chi connectivity index (χ4v) is 4.37. The predicted octanol–water partition coefficient (Wildman–Crippen LogP) is 3.40. The summed E-state index contributed by atoms with van der Waals surface area (Å²) >= 11 is 0. The number of piperidine rings is 1. The van der Waals surface area contributed by atoms with E-state index in [9.17, 15) is 0 Å². The van der Waals surface area contributed by atoms with E-state index in [4.69, 9.17) is 9.41 Å². The van der Waals surface area contributed by atoms with E-state index in [0.717, 1.165) is 69.0 Å². The molecule has 162 valence electrons. The van der Waals surface area contributed by atoms with E-state index in [2.05, 4.69) is 25.5 Å². The summed E-state index contributed by atoms with van der Waals surface area (Å²) in [6.45, 7) is 3.67. The van der Waals surface area contributed by atoms with Crippen LogP contribution in [0.4, 0.5) is 5.95 Å². The highest BCUT2D eigenvalue weighted by atomic mass is 16.3. The number of aliphatic imine (C=N–C) groups is 1. The van der Waals surface area contributed by atoms with Gasteiger partial charge in [-0.25, -0.2) is 9.97 Å². The minimum atomic E-state index is 0.422. The molecule has 1 saturated carbocycles. The first-order valence-electron chi connectivity index (χ1n) is 11.5. The zero-order valence-electron chi connectivity index (χ0n) is 17.8. The van der Waals surface area contributed by atoms with Crippen LogP contribution in [0.3, 0.4) is 0 Å². The van der Waals surface area contributed by atoms with E-state index in [-0.39, 0.29) is 0 Å². The molecule has 1 aliphatic heterocycles. The third kappa shape index (κ3) is 6.21. The molecule has 0 amide bonds. The molecule has 0 spiro atoms. The molecule has 7 nitrogen and oxygen atoms in total. The number of hydrogen-bond donors (Lipinski definition) is 2. The van der Waals surface area contributed by atoms with Crippen molar-refractivity contribution in [3.63, 3.8) is 0 Å². The Hall–Kier alpha value is -2.57. The van der Waals surface area contributed by atoms with Gasteiger partial charge < -0.3 is 20.0 Å².